The van der Waals surface area contributed by atoms with E-state index in [2.05, 4.69) is 0 Å². The molecule has 0 saturated carbocycles. The lowest BCUT2D eigenvalue weighted by Gasteiger charge is -2.35. The molecule has 0 bridgehead atoms. The summed E-state index contributed by atoms with van der Waals surface area (Å²) in [4.78, 5) is 28.4. The van der Waals surface area contributed by atoms with Gasteiger partial charge in [-0.3, -0.25) is 9.59 Å². The number of hydrogen-bond acceptors (Lipinski definition) is 2. The predicted molar refractivity (Wildman–Crippen MR) is 89.1 cm³/mol. The number of piperazine rings is 1. The maximum absolute atomic E-state index is 12.4. The molecule has 118 valence electrons. The van der Waals surface area contributed by atoms with E-state index in [-0.39, 0.29) is 11.8 Å². The van der Waals surface area contributed by atoms with Crippen molar-refractivity contribution in [3.8, 4) is 0 Å². The molecule has 23 heavy (non-hydrogen) atoms. The van der Waals surface area contributed by atoms with Crippen molar-refractivity contribution in [2.45, 2.75) is 6.42 Å². The Balaban J connectivity index is 1.54. The van der Waals surface area contributed by atoms with E-state index < -0.39 is 0 Å². The highest BCUT2D eigenvalue weighted by atomic mass is 16.2. The van der Waals surface area contributed by atoms with Crippen molar-refractivity contribution in [3.05, 3.63) is 71.8 Å². The number of carbonyl (C=O) groups is 2. The van der Waals surface area contributed by atoms with Crippen molar-refractivity contribution in [1.82, 2.24) is 9.80 Å². The van der Waals surface area contributed by atoms with Gasteiger partial charge >= 0.3 is 0 Å². The molecule has 1 fully saturated rings. The zero-order valence-corrected chi connectivity index (χ0v) is 13.0. The average molecular weight is 308 g/mol. The fourth-order valence-corrected chi connectivity index (χ4v) is 2.80. The number of rotatable bonds is 3. The van der Waals surface area contributed by atoms with Gasteiger partial charge in [-0.2, -0.15) is 0 Å². The molecule has 1 aliphatic heterocycles. The van der Waals surface area contributed by atoms with Crippen LogP contribution in [0.3, 0.4) is 0 Å². The summed E-state index contributed by atoms with van der Waals surface area (Å²) < 4.78 is 0. The number of amides is 2. The second-order valence-electron chi connectivity index (χ2n) is 5.70. The van der Waals surface area contributed by atoms with Gasteiger partial charge in [-0.15, -0.1) is 0 Å². The van der Waals surface area contributed by atoms with E-state index in [9.17, 15) is 9.59 Å². The number of nitrogens with zero attached hydrogens (tertiary/aromatic N) is 2. The smallest absolute Gasteiger partial charge is 0.253 e. The summed E-state index contributed by atoms with van der Waals surface area (Å²) in [6, 6.07) is 19.1. The number of carbonyl (C=O) groups excluding carboxylic acids is 2. The molecule has 3 rings (SSSR count). The zero-order chi connectivity index (χ0) is 16.1. The minimum absolute atomic E-state index is 0.0424. The Kier molecular flexibility index (Phi) is 4.71. The number of benzene rings is 2. The summed E-state index contributed by atoms with van der Waals surface area (Å²) in [7, 11) is 0. The molecule has 0 N–H and O–H groups in total. The van der Waals surface area contributed by atoms with Gasteiger partial charge in [0, 0.05) is 31.7 Å². The van der Waals surface area contributed by atoms with Gasteiger partial charge in [-0.25, -0.2) is 0 Å². The van der Waals surface area contributed by atoms with E-state index in [4.69, 9.17) is 0 Å². The van der Waals surface area contributed by atoms with Crippen LogP contribution in [0, 0.1) is 0 Å². The van der Waals surface area contributed by atoms with E-state index in [0.29, 0.717) is 38.2 Å². The summed E-state index contributed by atoms with van der Waals surface area (Å²) in [5.41, 5.74) is 1.73. The third kappa shape index (κ3) is 3.77. The monoisotopic (exact) mass is 308 g/mol. The molecule has 0 unspecified atom stereocenters. The first-order valence-corrected chi connectivity index (χ1v) is 7.90. The second kappa shape index (κ2) is 7.09. The molecule has 0 radical (unpaired) electrons. The quantitative estimate of drug-likeness (QED) is 0.872. The molecular formula is C19H20N2O2. The van der Waals surface area contributed by atoms with Gasteiger partial charge in [-0.1, -0.05) is 48.5 Å². The van der Waals surface area contributed by atoms with Crippen LogP contribution < -0.4 is 0 Å². The standard InChI is InChI=1S/C19H20N2O2/c22-18(15-16-7-3-1-4-8-16)20-11-13-21(14-12-20)19(23)17-9-5-2-6-10-17/h1-10H,11-15H2. The Morgan fingerprint density at radius 3 is 1.87 bits per heavy atom. The van der Waals surface area contributed by atoms with Crippen LogP contribution in [0.5, 0.6) is 0 Å². The largest absolute Gasteiger partial charge is 0.339 e. The van der Waals surface area contributed by atoms with Crippen LogP contribution in [-0.4, -0.2) is 47.8 Å². The van der Waals surface area contributed by atoms with Crippen molar-refractivity contribution in [2.75, 3.05) is 26.2 Å². The first-order valence-electron chi connectivity index (χ1n) is 7.90. The summed E-state index contributed by atoms with van der Waals surface area (Å²) in [6.45, 7) is 2.39. The van der Waals surface area contributed by atoms with Crippen molar-refractivity contribution in [2.24, 2.45) is 0 Å². The molecular weight excluding hydrogens is 288 g/mol. The third-order valence-corrected chi connectivity index (χ3v) is 4.14. The average Bonchev–Trinajstić information content (AvgIpc) is 2.63. The third-order valence-electron chi connectivity index (χ3n) is 4.14. The van der Waals surface area contributed by atoms with Crippen LogP contribution in [0.15, 0.2) is 60.7 Å². The lowest BCUT2D eigenvalue weighted by Crippen LogP contribution is -2.51. The molecule has 4 nitrogen and oxygen atoms in total. The molecule has 2 aromatic carbocycles. The Bertz CT molecular complexity index is 662. The molecule has 0 atom stereocenters. The van der Waals surface area contributed by atoms with E-state index in [1.165, 1.54) is 0 Å². The molecule has 2 amide bonds. The Morgan fingerprint density at radius 2 is 1.26 bits per heavy atom. The molecule has 4 heteroatoms. The van der Waals surface area contributed by atoms with Crippen LogP contribution in [0.4, 0.5) is 0 Å². The molecule has 1 heterocycles. The molecule has 0 spiro atoms. The highest BCUT2D eigenvalue weighted by Crippen LogP contribution is 2.10. The van der Waals surface area contributed by atoms with Gasteiger partial charge in [0.05, 0.1) is 6.42 Å². The lowest BCUT2D eigenvalue weighted by molar-refractivity contribution is -0.131. The zero-order valence-electron chi connectivity index (χ0n) is 13.0. The molecule has 2 aromatic rings. The van der Waals surface area contributed by atoms with Gasteiger partial charge in [0.25, 0.3) is 5.91 Å². The topological polar surface area (TPSA) is 40.6 Å². The highest BCUT2D eigenvalue weighted by Gasteiger charge is 2.24. The van der Waals surface area contributed by atoms with Crippen LogP contribution in [0.1, 0.15) is 15.9 Å². The Labute approximate surface area is 136 Å². The Morgan fingerprint density at radius 1 is 0.739 bits per heavy atom. The summed E-state index contributed by atoms with van der Waals surface area (Å²) in [5.74, 6) is 0.170. The van der Waals surface area contributed by atoms with Gasteiger partial charge in [0.15, 0.2) is 0 Å². The lowest BCUT2D eigenvalue weighted by atomic mass is 10.1. The van der Waals surface area contributed by atoms with Gasteiger partial charge in [-0.05, 0) is 17.7 Å². The van der Waals surface area contributed by atoms with Crippen molar-refractivity contribution >= 4 is 11.8 Å². The minimum atomic E-state index is 0.0424. The second-order valence-corrected chi connectivity index (χ2v) is 5.70. The highest BCUT2D eigenvalue weighted by molar-refractivity contribution is 5.94. The Hall–Kier alpha value is -2.62. The summed E-state index contributed by atoms with van der Waals surface area (Å²) >= 11 is 0. The molecule has 0 aromatic heterocycles. The normalized spacial score (nSPS) is 14.6. The van der Waals surface area contributed by atoms with Crippen LogP contribution in [-0.2, 0) is 11.2 Å². The van der Waals surface area contributed by atoms with E-state index in [1.54, 1.807) is 0 Å². The van der Waals surface area contributed by atoms with E-state index >= 15 is 0 Å². The maximum Gasteiger partial charge on any atom is 0.253 e. The first-order chi connectivity index (χ1) is 11.2. The van der Waals surface area contributed by atoms with Gasteiger partial charge < -0.3 is 9.80 Å². The minimum Gasteiger partial charge on any atom is -0.339 e. The van der Waals surface area contributed by atoms with Crippen LogP contribution in [0.2, 0.25) is 0 Å². The summed E-state index contributed by atoms with van der Waals surface area (Å²) in [6.07, 6.45) is 0.424. The van der Waals surface area contributed by atoms with E-state index in [1.807, 2.05) is 70.5 Å². The predicted octanol–water partition coefficient (Wildman–Crippen LogP) is 2.21. The SMILES string of the molecule is O=C(Cc1ccccc1)N1CCN(C(=O)c2ccccc2)CC1. The van der Waals surface area contributed by atoms with Crippen molar-refractivity contribution in [3.63, 3.8) is 0 Å². The molecule has 0 aliphatic carbocycles. The van der Waals surface area contributed by atoms with Crippen molar-refractivity contribution in [1.29, 1.82) is 0 Å². The van der Waals surface area contributed by atoms with Crippen LogP contribution in [0.25, 0.3) is 0 Å². The first kappa shape index (κ1) is 15.3. The van der Waals surface area contributed by atoms with Crippen molar-refractivity contribution < 1.29 is 9.59 Å². The van der Waals surface area contributed by atoms with Crippen LogP contribution >= 0.6 is 0 Å². The number of hydrogen-bond donors (Lipinski definition) is 0. The van der Waals surface area contributed by atoms with E-state index in [0.717, 1.165) is 5.56 Å². The fraction of sp³-hybridized carbons (Fsp3) is 0.263. The summed E-state index contributed by atoms with van der Waals surface area (Å²) in [5, 5.41) is 0. The molecule has 1 saturated heterocycles. The van der Waals surface area contributed by atoms with Gasteiger partial charge in [0.2, 0.25) is 5.91 Å². The van der Waals surface area contributed by atoms with Gasteiger partial charge in [0.1, 0.15) is 0 Å². The maximum atomic E-state index is 12.4. The fourth-order valence-electron chi connectivity index (χ4n) is 2.80. The molecule has 1 aliphatic rings.